The zero-order chi connectivity index (χ0) is 41.0. The minimum atomic E-state index is 0.589. The zero-order valence-electron chi connectivity index (χ0n) is 33.2. The van der Waals surface area contributed by atoms with Crippen molar-refractivity contribution in [1.82, 2.24) is 19.9 Å². The molecule has 0 aliphatic rings. The van der Waals surface area contributed by atoms with Crippen LogP contribution >= 0.6 is 11.3 Å². The Balaban J connectivity index is 1.05. The van der Waals surface area contributed by atoms with E-state index in [1.165, 1.54) is 15.6 Å². The SMILES string of the molecule is c1ccc(-c2ccc(-c3nc4cc5sc6ccccc6c5c(-c5cccc6c(-c7nc(-c8ccccc8)nc(-c8cccc(-c9ccccc9)c8)n7)cccc56)c4o3)cc2)cc1. The van der Waals surface area contributed by atoms with Gasteiger partial charge in [0.2, 0.25) is 5.89 Å². The lowest BCUT2D eigenvalue weighted by Crippen LogP contribution is -2.00. The summed E-state index contributed by atoms with van der Waals surface area (Å²) < 4.78 is 9.29. The second-order valence-electron chi connectivity index (χ2n) is 15.4. The van der Waals surface area contributed by atoms with E-state index in [1.807, 2.05) is 42.5 Å². The Morgan fingerprint density at radius 2 is 0.855 bits per heavy atom. The van der Waals surface area contributed by atoms with Crippen LogP contribution in [-0.2, 0) is 0 Å². The number of thiophene rings is 1. The maximum Gasteiger partial charge on any atom is 0.227 e. The van der Waals surface area contributed by atoms with Gasteiger partial charge >= 0.3 is 0 Å². The Bertz CT molecular complexity index is 3620. The van der Waals surface area contributed by atoms with E-state index in [4.69, 9.17) is 24.4 Å². The minimum absolute atomic E-state index is 0.589. The molecule has 3 aromatic heterocycles. The predicted octanol–water partition coefficient (Wildman–Crippen LogP) is 15.2. The summed E-state index contributed by atoms with van der Waals surface area (Å²) in [7, 11) is 0. The average Bonchev–Trinajstić information content (AvgIpc) is 3.95. The number of fused-ring (bicyclic) bond motifs is 5. The van der Waals surface area contributed by atoms with E-state index in [0.717, 1.165) is 82.0 Å². The van der Waals surface area contributed by atoms with Crippen molar-refractivity contribution in [2.24, 2.45) is 0 Å². The van der Waals surface area contributed by atoms with Gasteiger partial charge in [0.25, 0.3) is 0 Å². The molecule has 3 heterocycles. The Kier molecular flexibility index (Phi) is 8.61. The average molecular weight is 811 g/mol. The first-order valence-corrected chi connectivity index (χ1v) is 21.4. The molecule has 290 valence electrons. The second kappa shape index (κ2) is 14.9. The molecule has 0 saturated carbocycles. The Morgan fingerprint density at radius 3 is 1.60 bits per heavy atom. The van der Waals surface area contributed by atoms with Crippen molar-refractivity contribution in [3.63, 3.8) is 0 Å². The van der Waals surface area contributed by atoms with Gasteiger partial charge in [-0.3, -0.25) is 0 Å². The standard InChI is InChI=1S/C56H34N4OS/c1-4-15-35(16-5-1)37-29-31-39(32-30-37)56-57-47-34-49-50(46-23-10-11-28-48(46)62-49)51(52(47)61-56)44-26-13-25-43-42(44)24-14-27-45(43)55-59-53(38-19-8-3-9-20-38)58-54(60-55)41-22-12-21-40(33-41)36-17-6-2-7-18-36/h1-34H. The summed E-state index contributed by atoms with van der Waals surface area (Å²) in [6.45, 7) is 0. The Labute approximate surface area is 361 Å². The summed E-state index contributed by atoms with van der Waals surface area (Å²) in [6, 6.07) is 71.5. The molecule has 0 N–H and O–H groups in total. The summed E-state index contributed by atoms with van der Waals surface area (Å²) in [5, 5.41) is 4.44. The largest absolute Gasteiger partial charge is 0.435 e. The number of oxazole rings is 1. The van der Waals surface area contributed by atoms with Gasteiger partial charge in [0, 0.05) is 48.0 Å². The van der Waals surface area contributed by atoms with Gasteiger partial charge in [0.05, 0.1) is 0 Å². The topological polar surface area (TPSA) is 64.7 Å². The van der Waals surface area contributed by atoms with Crippen LogP contribution in [0.15, 0.2) is 211 Å². The quantitative estimate of drug-likeness (QED) is 0.160. The molecular formula is C56H34N4OS. The van der Waals surface area contributed by atoms with Crippen molar-refractivity contribution in [2.75, 3.05) is 0 Å². The molecule has 0 aliphatic carbocycles. The molecule has 9 aromatic carbocycles. The van der Waals surface area contributed by atoms with Crippen LogP contribution in [0, 0.1) is 0 Å². The summed E-state index contributed by atoms with van der Waals surface area (Å²) in [6.07, 6.45) is 0. The van der Waals surface area contributed by atoms with Crippen LogP contribution in [0.1, 0.15) is 0 Å². The molecule has 0 atom stereocenters. The van der Waals surface area contributed by atoms with Gasteiger partial charge in [0.1, 0.15) is 5.52 Å². The predicted molar refractivity (Wildman–Crippen MR) is 256 cm³/mol. The lowest BCUT2D eigenvalue weighted by Gasteiger charge is -2.14. The number of hydrogen-bond acceptors (Lipinski definition) is 6. The molecule has 12 aromatic rings. The Hall–Kier alpha value is -8.06. The van der Waals surface area contributed by atoms with E-state index < -0.39 is 0 Å². The third-order valence-corrected chi connectivity index (χ3v) is 12.7. The summed E-state index contributed by atoms with van der Waals surface area (Å²) >= 11 is 1.79. The summed E-state index contributed by atoms with van der Waals surface area (Å²) in [4.78, 5) is 20.6. The molecule has 0 bridgehead atoms. The third-order valence-electron chi connectivity index (χ3n) is 11.6. The van der Waals surface area contributed by atoms with Crippen molar-refractivity contribution in [2.45, 2.75) is 0 Å². The van der Waals surface area contributed by atoms with Crippen molar-refractivity contribution in [3.05, 3.63) is 206 Å². The van der Waals surface area contributed by atoms with Gasteiger partial charge in [-0.2, -0.15) is 0 Å². The van der Waals surface area contributed by atoms with E-state index in [-0.39, 0.29) is 0 Å². The van der Waals surface area contributed by atoms with E-state index in [9.17, 15) is 0 Å². The van der Waals surface area contributed by atoms with Crippen LogP contribution in [-0.4, -0.2) is 19.9 Å². The normalized spacial score (nSPS) is 11.5. The van der Waals surface area contributed by atoms with Gasteiger partial charge in [-0.25, -0.2) is 19.9 Å². The number of hydrogen-bond donors (Lipinski definition) is 0. The van der Waals surface area contributed by atoms with Crippen molar-refractivity contribution < 1.29 is 4.42 Å². The fourth-order valence-electron chi connectivity index (χ4n) is 8.62. The van der Waals surface area contributed by atoms with Crippen LogP contribution in [0.4, 0.5) is 0 Å². The lowest BCUT2D eigenvalue weighted by molar-refractivity contribution is 0.621. The first-order valence-electron chi connectivity index (χ1n) is 20.6. The fourth-order valence-corrected chi connectivity index (χ4v) is 9.77. The van der Waals surface area contributed by atoms with Gasteiger partial charge in [-0.1, -0.05) is 176 Å². The molecule has 0 aliphatic heterocycles. The Morgan fingerprint density at radius 1 is 0.339 bits per heavy atom. The first kappa shape index (κ1) is 35.8. The minimum Gasteiger partial charge on any atom is -0.435 e. The number of aromatic nitrogens is 4. The molecule has 0 spiro atoms. The monoisotopic (exact) mass is 810 g/mol. The van der Waals surface area contributed by atoms with E-state index in [2.05, 4.69) is 164 Å². The smallest absolute Gasteiger partial charge is 0.227 e. The van der Waals surface area contributed by atoms with Crippen molar-refractivity contribution in [1.29, 1.82) is 0 Å². The number of nitrogens with zero attached hydrogens (tertiary/aromatic N) is 4. The summed E-state index contributed by atoms with van der Waals surface area (Å²) in [5.74, 6) is 2.42. The summed E-state index contributed by atoms with van der Waals surface area (Å²) in [5.41, 5.74) is 11.9. The van der Waals surface area contributed by atoms with E-state index in [1.54, 1.807) is 11.3 Å². The van der Waals surface area contributed by atoms with E-state index >= 15 is 0 Å². The molecule has 0 radical (unpaired) electrons. The number of benzene rings is 9. The molecule has 5 nitrogen and oxygen atoms in total. The highest BCUT2D eigenvalue weighted by atomic mass is 32.1. The molecule has 62 heavy (non-hydrogen) atoms. The molecule has 0 fully saturated rings. The van der Waals surface area contributed by atoms with Gasteiger partial charge in [-0.05, 0) is 68.9 Å². The molecule has 12 rings (SSSR count). The van der Waals surface area contributed by atoms with Crippen LogP contribution < -0.4 is 0 Å². The molecule has 0 unspecified atom stereocenters. The van der Waals surface area contributed by atoms with Gasteiger partial charge in [0.15, 0.2) is 23.1 Å². The third kappa shape index (κ3) is 6.24. The van der Waals surface area contributed by atoms with E-state index in [0.29, 0.717) is 23.4 Å². The fraction of sp³-hybridized carbons (Fsp3) is 0. The molecule has 6 heteroatoms. The van der Waals surface area contributed by atoms with Crippen LogP contribution in [0.5, 0.6) is 0 Å². The van der Waals surface area contributed by atoms with Crippen molar-refractivity contribution in [3.8, 4) is 79.0 Å². The second-order valence-corrected chi connectivity index (χ2v) is 16.4. The van der Waals surface area contributed by atoms with Gasteiger partial charge in [-0.15, -0.1) is 11.3 Å². The highest BCUT2D eigenvalue weighted by Gasteiger charge is 2.23. The zero-order valence-corrected chi connectivity index (χ0v) is 34.1. The maximum atomic E-state index is 6.91. The molecular weight excluding hydrogens is 777 g/mol. The van der Waals surface area contributed by atoms with Crippen LogP contribution in [0.2, 0.25) is 0 Å². The lowest BCUT2D eigenvalue weighted by atomic mass is 9.92. The molecule has 0 saturated heterocycles. The molecule has 0 amide bonds. The highest BCUT2D eigenvalue weighted by Crippen LogP contribution is 2.47. The maximum absolute atomic E-state index is 6.91. The number of rotatable bonds is 7. The van der Waals surface area contributed by atoms with Crippen molar-refractivity contribution >= 4 is 53.4 Å². The van der Waals surface area contributed by atoms with Crippen LogP contribution in [0.3, 0.4) is 0 Å². The van der Waals surface area contributed by atoms with Crippen LogP contribution in [0.25, 0.3) is 121 Å². The first-order chi connectivity index (χ1) is 30.7. The highest BCUT2D eigenvalue weighted by molar-refractivity contribution is 7.26. The van der Waals surface area contributed by atoms with Gasteiger partial charge < -0.3 is 4.42 Å².